The van der Waals surface area contributed by atoms with E-state index in [2.05, 4.69) is 35.6 Å². The van der Waals surface area contributed by atoms with Gasteiger partial charge in [-0.05, 0) is 74.1 Å². The highest BCUT2D eigenvalue weighted by Crippen LogP contribution is 2.48. The summed E-state index contributed by atoms with van der Waals surface area (Å²) in [6, 6.07) is 11.6. The number of anilines is 3. The maximum absolute atomic E-state index is 13.1. The average molecular weight is 737 g/mol. The Morgan fingerprint density at radius 3 is 2.24 bits per heavy atom. The topological polar surface area (TPSA) is 185 Å². The lowest BCUT2D eigenvalue weighted by molar-refractivity contribution is -0.154. The molecule has 14 nitrogen and oxygen atoms in total. The summed E-state index contributed by atoms with van der Waals surface area (Å²) in [6.07, 6.45) is -1.44. The Bertz CT molecular complexity index is 1890. The first-order valence-electron chi connectivity index (χ1n) is 15.6. The van der Waals surface area contributed by atoms with Crippen LogP contribution in [0.1, 0.15) is 44.1 Å². The first-order valence-corrected chi connectivity index (χ1v) is 17.5. The molecule has 6 rings (SSSR count). The minimum Gasteiger partial charge on any atom is -0.454 e. The normalized spacial score (nSPS) is 17.5. The number of nitrogens with zero attached hydrogens (tertiary/aromatic N) is 4. The summed E-state index contributed by atoms with van der Waals surface area (Å²) in [4.78, 5) is 50.5. The molecule has 1 saturated heterocycles. The number of halogens is 4. The van der Waals surface area contributed by atoms with Crippen LogP contribution in [0.3, 0.4) is 0 Å². The van der Waals surface area contributed by atoms with E-state index in [0.29, 0.717) is 50.1 Å². The zero-order valence-electron chi connectivity index (χ0n) is 26.3. The van der Waals surface area contributed by atoms with Crippen molar-refractivity contribution >= 4 is 56.9 Å². The Morgan fingerprint density at radius 2 is 1.64 bits per heavy atom. The molecule has 0 bridgehead atoms. The molecule has 3 aliphatic rings. The Kier molecular flexibility index (Phi) is 9.51. The van der Waals surface area contributed by atoms with E-state index in [1.807, 2.05) is 12.1 Å². The van der Waals surface area contributed by atoms with Gasteiger partial charge in [-0.1, -0.05) is 23.7 Å². The molecule has 19 heteroatoms. The molecule has 0 radical (unpaired) electrons. The van der Waals surface area contributed by atoms with Gasteiger partial charge in [0, 0.05) is 30.2 Å². The number of aromatic nitrogens is 3. The lowest BCUT2D eigenvalue weighted by Gasteiger charge is -2.19. The van der Waals surface area contributed by atoms with E-state index in [4.69, 9.17) is 16.3 Å². The highest BCUT2D eigenvalue weighted by Gasteiger charge is 2.51. The van der Waals surface area contributed by atoms with Crippen molar-refractivity contribution in [3.63, 3.8) is 0 Å². The van der Waals surface area contributed by atoms with Gasteiger partial charge in [-0.3, -0.25) is 14.4 Å². The number of alkyl halides is 3. The van der Waals surface area contributed by atoms with E-state index in [0.717, 1.165) is 5.56 Å². The summed E-state index contributed by atoms with van der Waals surface area (Å²) < 4.78 is 71.8. The number of amides is 3. The van der Waals surface area contributed by atoms with E-state index in [1.54, 1.807) is 12.1 Å². The van der Waals surface area contributed by atoms with Crippen LogP contribution in [0.15, 0.2) is 53.4 Å². The van der Waals surface area contributed by atoms with E-state index in [1.165, 1.54) is 29.2 Å². The van der Waals surface area contributed by atoms with Gasteiger partial charge < -0.3 is 25.6 Å². The van der Waals surface area contributed by atoms with Crippen molar-refractivity contribution in [3.05, 3.63) is 59.1 Å². The van der Waals surface area contributed by atoms with Crippen molar-refractivity contribution in [1.82, 2.24) is 29.9 Å². The number of hydrogen-bond acceptors (Lipinski definition) is 11. The molecular formula is C31H32ClF3N8O6S. The van der Waals surface area contributed by atoms with Gasteiger partial charge in [-0.15, -0.1) is 0 Å². The summed E-state index contributed by atoms with van der Waals surface area (Å²) >= 11 is 6.01. The van der Waals surface area contributed by atoms with E-state index >= 15 is 0 Å². The maximum Gasteiger partial charge on any atom is 0.422 e. The fraction of sp³-hybridized carbons (Fsp3) is 0.419. The summed E-state index contributed by atoms with van der Waals surface area (Å²) in [5.74, 6) is -1.54. The second kappa shape index (κ2) is 13.5. The van der Waals surface area contributed by atoms with E-state index in [-0.39, 0.29) is 41.5 Å². The van der Waals surface area contributed by atoms with Gasteiger partial charge in [-0.2, -0.15) is 28.1 Å². The molecule has 1 aromatic heterocycles. The molecule has 4 N–H and O–H groups in total. The number of rotatable bonds is 14. The Hall–Kier alpha value is -4.71. The van der Waals surface area contributed by atoms with Gasteiger partial charge in [0.1, 0.15) is 0 Å². The lowest BCUT2D eigenvalue weighted by atomic mass is 10.1. The SMILES string of the molecule is O=C(CN1CCCC1=O)NCC1(C(=O)NS(=O)(=O)c2ccc(Nc3nc(NC4(c5ccc(Cl)cc5)CC4)nc(OCC(F)(F)F)n3)cc2)CC1. The number of carbonyl (C=O) groups is 3. The fourth-order valence-electron chi connectivity index (χ4n) is 5.41. The molecule has 50 heavy (non-hydrogen) atoms. The largest absolute Gasteiger partial charge is 0.454 e. The fourth-order valence-corrected chi connectivity index (χ4v) is 6.61. The Morgan fingerprint density at radius 1 is 0.960 bits per heavy atom. The number of carbonyl (C=O) groups excluding carboxylic acids is 3. The van der Waals surface area contributed by atoms with Crippen molar-refractivity contribution in [2.45, 2.75) is 55.1 Å². The number of hydrogen-bond donors (Lipinski definition) is 4. The van der Waals surface area contributed by atoms with E-state index < -0.39 is 51.6 Å². The van der Waals surface area contributed by atoms with Crippen LogP contribution in [0.25, 0.3) is 0 Å². The predicted molar refractivity (Wildman–Crippen MR) is 173 cm³/mol. The van der Waals surface area contributed by atoms with Gasteiger partial charge in [-0.25, -0.2) is 13.1 Å². The monoisotopic (exact) mass is 736 g/mol. The molecular weight excluding hydrogens is 705 g/mol. The number of sulfonamides is 1. The van der Waals surface area contributed by atoms with Crippen LogP contribution >= 0.6 is 11.6 Å². The Labute approximate surface area is 289 Å². The molecule has 0 unspecified atom stereocenters. The third-order valence-electron chi connectivity index (χ3n) is 8.59. The van der Waals surface area contributed by atoms with Crippen LogP contribution in [0.4, 0.5) is 30.8 Å². The first kappa shape index (κ1) is 35.1. The molecule has 2 heterocycles. The summed E-state index contributed by atoms with van der Waals surface area (Å²) in [6.45, 7) is -1.34. The van der Waals surface area contributed by atoms with Gasteiger partial charge in [0.25, 0.3) is 10.0 Å². The summed E-state index contributed by atoms with van der Waals surface area (Å²) in [5.41, 5.74) is -0.497. The molecule has 2 aromatic carbocycles. The molecule has 3 fully saturated rings. The van der Waals surface area contributed by atoms with Crippen molar-refractivity contribution in [2.24, 2.45) is 5.41 Å². The van der Waals surface area contributed by atoms with Gasteiger partial charge >= 0.3 is 12.2 Å². The van der Waals surface area contributed by atoms with Crippen LogP contribution < -0.4 is 25.4 Å². The quantitative estimate of drug-likeness (QED) is 0.190. The molecule has 3 amide bonds. The predicted octanol–water partition coefficient (Wildman–Crippen LogP) is 3.63. The average Bonchev–Trinajstić information content (AvgIpc) is 3.98. The van der Waals surface area contributed by atoms with Crippen molar-refractivity contribution in [1.29, 1.82) is 0 Å². The number of likely N-dealkylation sites (tertiary alicyclic amines) is 1. The molecule has 1 aliphatic heterocycles. The molecule has 2 aliphatic carbocycles. The van der Waals surface area contributed by atoms with Crippen LogP contribution in [-0.4, -0.2) is 78.4 Å². The molecule has 0 spiro atoms. The number of ether oxygens (including phenoxy) is 1. The zero-order chi connectivity index (χ0) is 35.7. The maximum atomic E-state index is 13.1. The van der Waals surface area contributed by atoms with Crippen LogP contribution in [0.2, 0.25) is 5.02 Å². The third kappa shape index (κ3) is 8.53. The van der Waals surface area contributed by atoms with Crippen molar-refractivity contribution < 1.29 is 40.7 Å². The standard InChI is InChI=1S/C31H32ClF3N8O6S/c32-20-5-3-19(4-6-20)30(13-14-30)41-27-38-26(39-28(40-27)49-18-31(33,34)35)37-21-7-9-22(10-8-21)50(47,48)42-25(46)29(11-12-29)17-36-23(44)16-43-15-1-2-24(43)45/h3-10H,1-2,11-18H2,(H,36,44)(H,42,46)(H2,37,38,39,40,41). The number of benzene rings is 2. The minimum absolute atomic E-state index is 0.0521. The molecule has 266 valence electrons. The third-order valence-corrected chi connectivity index (χ3v) is 10.2. The van der Waals surface area contributed by atoms with Gasteiger partial charge in [0.15, 0.2) is 6.61 Å². The highest BCUT2D eigenvalue weighted by atomic mass is 35.5. The summed E-state index contributed by atoms with van der Waals surface area (Å²) in [7, 11) is -4.31. The molecule has 3 aromatic rings. The van der Waals surface area contributed by atoms with Gasteiger partial charge in [0.05, 0.1) is 22.4 Å². The van der Waals surface area contributed by atoms with Crippen LogP contribution in [0.5, 0.6) is 6.01 Å². The summed E-state index contributed by atoms with van der Waals surface area (Å²) in [5, 5.41) is 9.15. The van der Waals surface area contributed by atoms with Crippen molar-refractivity contribution in [2.75, 3.05) is 36.9 Å². The van der Waals surface area contributed by atoms with Gasteiger partial charge in [0.2, 0.25) is 29.6 Å². The van der Waals surface area contributed by atoms with E-state index in [9.17, 15) is 36.0 Å². The minimum atomic E-state index is -4.65. The number of nitrogens with one attached hydrogen (secondary N) is 4. The van der Waals surface area contributed by atoms with Crippen LogP contribution in [-0.2, 0) is 29.9 Å². The second-order valence-electron chi connectivity index (χ2n) is 12.4. The Balaban J connectivity index is 1.10. The lowest BCUT2D eigenvalue weighted by Crippen LogP contribution is -2.45. The molecule has 2 saturated carbocycles. The molecule has 0 atom stereocenters. The highest BCUT2D eigenvalue weighted by molar-refractivity contribution is 7.90. The van der Waals surface area contributed by atoms with Crippen LogP contribution in [0, 0.1) is 5.41 Å². The van der Waals surface area contributed by atoms with Crippen molar-refractivity contribution in [3.8, 4) is 6.01 Å². The second-order valence-corrected chi connectivity index (χ2v) is 14.6. The first-order chi connectivity index (χ1) is 23.6. The zero-order valence-corrected chi connectivity index (χ0v) is 27.9. The smallest absolute Gasteiger partial charge is 0.422 e.